The summed E-state index contributed by atoms with van der Waals surface area (Å²) in [6.07, 6.45) is 1.84. The number of aliphatic hydroxyl groups is 1. The molecule has 1 aromatic heterocycles. The van der Waals surface area contributed by atoms with Crippen molar-refractivity contribution in [2.24, 2.45) is 0 Å². The smallest absolute Gasteiger partial charge is 0.128 e. The number of aromatic nitrogens is 1. The maximum atomic E-state index is 9.18. The van der Waals surface area contributed by atoms with Crippen molar-refractivity contribution in [1.82, 2.24) is 15.2 Å². The summed E-state index contributed by atoms with van der Waals surface area (Å²) in [5.74, 6) is 1.06. The minimum absolute atomic E-state index is 0.173. The first kappa shape index (κ1) is 13.3. The van der Waals surface area contributed by atoms with Gasteiger partial charge >= 0.3 is 0 Å². The third kappa shape index (κ3) is 3.41. The van der Waals surface area contributed by atoms with Gasteiger partial charge in [0.05, 0.1) is 6.61 Å². The van der Waals surface area contributed by atoms with Crippen LogP contribution in [0.1, 0.15) is 0 Å². The van der Waals surface area contributed by atoms with E-state index < -0.39 is 0 Å². The van der Waals surface area contributed by atoms with Gasteiger partial charge in [-0.1, -0.05) is 6.07 Å². The number of likely N-dealkylation sites (N-methyl/N-ethyl adjacent to an activating group) is 1. The van der Waals surface area contributed by atoms with Gasteiger partial charge in [-0.15, -0.1) is 0 Å². The molecule has 0 amide bonds. The highest BCUT2D eigenvalue weighted by atomic mass is 16.3. The molecule has 5 nitrogen and oxygen atoms in total. The first-order valence-corrected chi connectivity index (χ1v) is 6.50. The maximum absolute atomic E-state index is 9.18. The number of pyridine rings is 1. The number of hydrogen-bond donors (Lipinski definition) is 2. The van der Waals surface area contributed by atoms with Gasteiger partial charge < -0.3 is 15.3 Å². The van der Waals surface area contributed by atoms with Crippen molar-refractivity contribution in [3.8, 4) is 0 Å². The van der Waals surface area contributed by atoms with Gasteiger partial charge in [-0.05, 0) is 19.2 Å². The number of nitrogens with one attached hydrogen (secondary N) is 1. The lowest BCUT2D eigenvalue weighted by atomic mass is 10.2. The Morgan fingerprint density at radius 2 is 2.11 bits per heavy atom. The van der Waals surface area contributed by atoms with Gasteiger partial charge in [0.2, 0.25) is 0 Å². The molecule has 0 radical (unpaired) electrons. The zero-order valence-corrected chi connectivity index (χ0v) is 10.9. The van der Waals surface area contributed by atoms with E-state index in [1.54, 1.807) is 0 Å². The number of piperazine rings is 1. The topological polar surface area (TPSA) is 51.6 Å². The normalized spacial score (nSPS) is 18.9. The van der Waals surface area contributed by atoms with E-state index in [1.807, 2.05) is 25.4 Å². The molecule has 1 saturated heterocycles. The Labute approximate surface area is 108 Å². The molecule has 1 fully saturated rings. The molecule has 1 aliphatic rings. The number of hydrogen-bond acceptors (Lipinski definition) is 5. The van der Waals surface area contributed by atoms with Crippen molar-refractivity contribution in [3.05, 3.63) is 24.4 Å². The molecule has 2 N–H and O–H groups in total. The number of nitrogens with zero attached hydrogens (tertiary/aromatic N) is 3. The van der Waals surface area contributed by atoms with Crippen LogP contribution in [0.2, 0.25) is 0 Å². The van der Waals surface area contributed by atoms with Crippen LogP contribution in [0.15, 0.2) is 24.4 Å². The van der Waals surface area contributed by atoms with Gasteiger partial charge in [-0.2, -0.15) is 0 Å². The van der Waals surface area contributed by atoms with Crippen molar-refractivity contribution in [2.45, 2.75) is 6.04 Å². The summed E-state index contributed by atoms with van der Waals surface area (Å²) in [7, 11) is 1.89. The fourth-order valence-electron chi connectivity index (χ4n) is 2.25. The van der Waals surface area contributed by atoms with Crippen LogP contribution in [0.25, 0.3) is 0 Å². The molecule has 2 rings (SSSR count). The molecular formula is C13H22N4O. The Balaban J connectivity index is 1.81. The Bertz CT molecular complexity index is 334. The molecule has 0 saturated carbocycles. The van der Waals surface area contributed by atoms with E-state index in [-0.39, 0.29) is 12.6 Å². The summed E-state index contributed by atoms with van der Waals surface area (Å²) in [4.78, 5) is 9.07. The molecule has 1 unspecified atom stereocenters. The quantitative estimate of drug-likeness (QED) is 0.757. The third-order valence-corrected chi connectivity index (χ3v) is 3.45. The van der Waals surface area contributed by atoms with Crippen LogP contribution >= 0.6 is 0 Å². The lowest BCUT2D eigenvalue weighted by Crippen LogP contribution is -2.51. The van der Waals surface area contributed by atoms with E-state index in [0.717, 1.165) is 38.5 Å². The first-order chi connectivity index (χ1) is 8.83. The lowest BCUT2D eigenvalue weighted by molar-refractivity contribution is 0.180. The Hall–Kier alpha value is -1.17. The van der Waals surface area contributed by atoms with Crippen LogP contribution < -0.4 is 10.2 Å². The van der Waals surface area contributed by atoms with Gasteiger partial charge in [0.25, 0.3) is 0 Å². The maximum Gasteiger partial charge on any atom is 0.128 e. The second-order valence-electron chi connectivity index (χ2n) is 4.64. The van der Waals surface area contributed by atoms with Crippen LogP contribution in [-0.4, -0.2) is 67.4 Å². The molecule has 18 heavy (non-hydrogen) atoms. The van der Waals surface area contributed by atoms with E-state index >= 15 is 0 Å². The molecule has 0 bridgehead atoms. The first-order valence-electron chi connectivity index (χ1n) is 6.50. The summed E-state index contributed by atoms with van der Waals surface area (Å²) in [6.45, 7) is 5.14. The standard InChI is InChI=1S/C13H22N4O/c1-14-12(11-18)10-16-6-8-17(9-7-16)13-4-2-3-5-15-13/h2-5,12,14,18H,6-11H2,1H3. The van der Waals surface area contributed by atoms with Crippen molar-refractivity contribution >= 4 is 5.82 Å². The predicted molar refractivity (Wildman–Crippen MR) is 72.8 cm³/mol. The van der Waals surface area contributed by atoms with Gasteiger partial charge in [0.15, 0.2) is 0 Å². The van der Waals surface area contributed by atoms with Crippen LogP contribution in [-0.2, 0) is 0 Å². The average molecular weight is 250 g/mol. The molecule has 5 heteroatoms. The largest absolute Gasteiger partial charge is 0.395 e. The molecule has 100 valence electrons. The molecular weight excluding hydrogens is 228 g/mol. The molecule has 0 aromatic carbocycles. The molecule has 0 aliphatic carbocycles. The van der Waals surface area contributed by atoms with Gasteiger partial charge in [0.1, 0.15) is 5.82 Å². The highest BCUT2D eigenvalue weighted by molar-refractivity contribution is 5.38. The van der Waals surface area contributed by atoms with Gasteiger partial charge in [-0.25, -0.2) is 4.98 Å². The van der Waals surface area contributed by atoms with Crippen molar-refractivity contribution in [2.75, 3.05) is 51.3 Å². The highest BCUT2D eigenvalue weighted by Gasteiger charge is 2.19. The molecule has 0 spiro atoms. The van der Waals surface area contributed by atoms with Gasteiger partial charge in [-0.3, -0.25) is 4.90 Å². The van der Waals surface area contributed by atoms with Crippen molar-refractivity contribution in [1.29, 1.82) is 0 Å². The van der Waals surface area contributed by atoms with E-state index in [4.69, 9.17) is 0 Å². The SMILES string of the molecule is CNC(CO)CN1CCN(c2ccccn2)CC1. The summed E-state index contributed by atoms with van der Waals surface area (Å²) < 4.78 is 0. The Morgan fingerprint density at radius 3 is 2.67 bits per heavy atom. The number of rotatable bonds is 5. The minimum Gasteiger partial charge on any atom is -0.395 e. The number of anilines is 1. The van der Waals surface area contributed by atoms with Crippen molar-refractivity contribution in [3.63, 3.8) is 0 Å². The lowest BCUT2D eigenvalue weighted by Gasteiger charge is -2.36. The van der Waals surface area contributed by atoms with E-state index in [1.165, 1.54) is 0 Å². The van der Waals surface area contributed by atoms with Crippen LogP contribution in [0.4, 0.5) is 5.82 Å². The third-order valence-electron chi connectivity index (χ3n) is 3.45. The summed E-state index contributed by atoms with van der Waals surface area (Å²) in [5, 5.41) is 12.3. The highest BCUT2D eigenvalue weighted by Crippen LogP contribution is 2.12. The molecule has 1 aromatic rings. The van der Waals surface area contributed by atoms with Crippen molar-refractivity contribution < 1.29 is 5.11 Å². The Kier molecular flexibility index (Phi) is 4.92. The van der Waals surface area contributed by atoms with Gasteiger partial charge in [0, 0.05) is 45.0 Å². The fourth-order valence-corrected chi connectivity index (χ4v) is 2.25. The second-order valence-corrected chi connectivity index (χ2v) is 4.64. The summed E-state index contributed by atoms with van der Waals surface area (Å²) >= 11 is 0. The monoisotopic (exact) mass is 250 g/mol. The predicted octanol–water partition coefficient (Wildman–Crippen LogP) is -0.216. The number of aliphatic hydroxyl groups excluding tert-OH is 1. The molecule has 1 aliphatic heterocycles. The van der Waals surface area contributed by atoms with E-state index in [0.29, 0.717) is 0 Å². The van der Waals surface area contributed by atoms with E-state index in [9.17, 15) is 5.11 Å². The fraction of sp³-hybridized carbons (Fsp3) is 0.615. The van der Waals surface area contributed by atoms with E-state index in [2.05, 4.69) is 26.2 Å². The van der Waals surface area contributed by atoms with Crippen LogP contribution in [0, 0.1) is 0 Å². The average Bonchev–Trinajstić information content (AvgIpc) is 2.46. The minimum atomic E-state index is 0.173. The molecule has 2 heterocycles. The zero-order chi connectivity index (χ0) is 12.8. The summed E-state index contributed by atoms with van der Waals surface area (Å²) in [5.41, 5.74) is 0. The summed E-state index contributed by atoms with van der Waals surface area (Å²) in [6, 6.07) is 6.20. The second kappa shape index (κ2) is 6.68. The molecule has 1 atom stereocenters. The Morgan fingerprint density at radius 1 is 1.33 bits per heavy atom. The van der Waals surface area contributed by atoms with Crippen LogP contribution in [0.3, 0.4) is 0 Å². The van der Waals surface area contributed by atoms with Crippen LogP contribution in [0.5, 0.6) is 0 Å². The zero-order valence-electron chi connectivity index (χ0n) is 10.9.